The third kappa shape index (κ3) is 4.03. The summed E-state index contributed by atoms with van der Waals surface area (Å²) >= 11 is 4.21. The first kappa shape index (κ1) is 14.5. The SMILES string of the molecule is Cc1ccc(N[C@H](CS)C(=O)Oc2ccccc2)cc1. The van der Waals surface area contributed by atoms with E-state index in [9.17, 15) is 4.79 Å². The Labute approximate surface area is 124 Å². The fourth-order valence-electron chi connectivity index (χ4n) is 1.71. The van der Waals surface area contributed by atoms with Gasteiger partial charge in [-0.25, -0.2) is 4.79 Å². The molecule has 0 saturated carbocycles. The Morgan fingerprint density at radius 3 is 2.40 bits per heavy atom. The van der Waals surface area contributed by atoms with Gasteiger partial charge >= 0.3 is 5.97 Å². The van der Waals surface area contributed by atoms with Gasteiger partial charge in [0.05, 0.1) is 0 Å². The van der Waals surface area contributed by atoms with Crippen LogP contribution >= 0.6 is 12.6 Å². The largest absolute Gasteiger partial charge is 0.425 e. The first-order chi connectivity index (χ1) is 9.69. The third-order valence-corrected chi connectivity index (χ3v) is 3.19. The highest BCUT2D eigenvalue weighted by Gasteiger charge is 2.18. The Balaban J connectivity index is 2.00. The van der Waals surface area contributed by atoms with Gasteiger partial charge in [-0.2, -0.15) is 12.6 Å². The van der Waals surface area contributed by atoms with Crippen molar-refractivity contribution in [3.63, 3.8) is 0 Å². The van der Waals surface area contributed by atoms with Crippen molar-refractivity contribution in [2.24, 2.45) is 0 Å². The van der Waals surface area contributed by atoms with Crippen molar-refractivity contribution >= 4 is 24.3 Å². The van der Waals surface area contributed by atoms with E-state index in [2.05, 4.69) is 17.9 Å². The Morgan fingerprint density at radius 1 is 1.15 bits per heavy atom. The highest BCUT2D eigenvalue weighted by Crippen LogP contribution is 2.14. The molecule has 0 aliphatic rings. The second-order valence-corrected chi connectivity index (χ2v) is 4.84. The molecular weight excluding hydrogens is 270 g/mol. The molecule has 2 aromatic carbocycles. The predicted octanol–water partition coefficient (Wildman–Crippen LogP) is 3.31. The summed E-state index contributed by atoms with van der Waals surface area (Å²) in [4.78, 5) is 12.1. The number of aryl methyl sites for hydroxylation is 1. The zero-order valence-electron chi connectivity index (χ0n) is 11.2. The molecule has 1 atom stereocenters. The maximum atomic E-state index is 12.1. The number of hydrogen-bond acceptors (Lipinski definition) is 4. The molecule has 0 saturated heterocycles. The number of ether oxygens (including phenoxy) is 1. The van der Waals surface area contributed by atoms with Gasteiger partial charge in [-0.3, -0.25) is 0 Å². The van der Waals surface area contributed by atoms with Gasteiger partial charge in [-0.15, -0.1) is 0 Å². The normalized spacial score (nSPS) is 11.7. The van der Waals surface area contributed by atoms with Crippen LogP contribution < -0.4 is 10.1 Å². The Morgan fingerprint density at radius 2 is 1.80 bits per heavy atom. The van der Waals surface area contributed by atoms with Crippen LogP contribution in [0, 0.1) is 6.92 Å². The van der Waals surface area contributed by atoms with E-state index >= 15 is 0 Å². The molecule has 0 aliphatic heterocycles. The van der Waals surface area contributed by atoms with Crippen LogP contribution in [0.5, 0.6) is 5.75 Å². The molecule has 0 radical (unpaired) electrons. The van der Waals surface area contributed by atoms with Crippen molar-refractivity contribution in [2.75, 3.05) is 11.1 Å². The number of esters is 1. The summed E-state index contributed by atoms with van der Waals surface area (Å²) in [5.74, 6) is 0.557. The van der Waals surface area contributed by atoms with E-state index < -0.39 is 6.04 Å². The summed E-state index contributed by atoms with van der Waals surface area (Å²) in [6.07, 6.45) is 0. The summed E-state index contributed by atoms with van der Waals surface area (Å²) in [5.41, 5.74) is 2.05. The molecule has 104 valence electrons. The molecule has 0 aromatic heterocycles. The number of thiol groups is 1. The molecule has 0 unspecified atom stereocenters. The van der Waals surface area contributed by atoms with Crippen molar-refractivity contribution in [2.45, 2.75) is 13.0 Å². The average molecular weight is 287 g/mol. The third-order valence-electron chi connectivity index (χ3n) is 2.82. The second-order valence-electron chi connectivity index (χ2n) is 4.48. The number of para-hydroxylation sites is 1. The Bertz CT molecular complexity index is 554. The minimum absolute atomic E-state index is 0.341. The molecule has 0 spiro atoms. The molecule has 0 fully saturated rings. The molecule has 3 nitrogen and oxygen atoms in total. The maximum Gasteiger partial charge on any atom is 0.334 e. The summed E-state index contributed by atoms with van der Waals surface area (Å²) in [6, 6.07) is 16.4. The number of anilines is 1. The van der Waals surface area contributed by atoms with E-state index in [1.807, 2.05) is 49.4 Å². The molecule has 2 rings (SSSR count). The number of carbonyl (C=O) groups is 1. The summed E-state index contributed by atoms with van der Waals surface area (Å²) < 4.78 is 5.31. The predicted molar refractivity (Wildman–Crippen MR) is 84.5 cm³/mol. The minimum Gasteiger partial charge on any atom is -0.425 e. The highest BCUT2D eigenvalue weighted by atomic mass is 32.1. The second kappa shape index (κ2) is 7.01. The molecule has 0 aliphatic carbocycles. The monoisotopic (exact) mass is 287 g/mol. The zero-order valence-corrected chi connectivity index (χ0v) is 12.1. The first-order valence-electron chi connectivity index (χ1n) is 6.40. The van der Waals surface area contributed by atoms with Crippen LogP contribution in [0.1, 0.15) is 5.56 Å². The number of hydrogen-bond donors (Lipinski definition) is 2. The molecule has 0 bridgehead atoms. The van der Waals surface area contributed by atoms with Gasteiger partial charge in [0.15, 0.2) is 0 Å². The molecule has 4 heteroatoms. The Kier molecular flexibility index (Phi) is 5.07. The van der Waals surface area contributed by atoms with E-state index in [4.69, 9.17) is 4.74 Å². The lowest BCUT2D eigenvalue weighted by Crippen LogP contribution is -2.34. The van der Waals surface area contributed by atoms with Gasteiger partial charge in [0.1, 0.15) is 11.8 Å². The van der Waals surface area contributed by atoms with Crippen LogP contribution in [-0.2, 0) is 4.79 Å². The van der Waals surface area contributed by atoms with Crippen LogP contribution in [-0.4, -0.2) is 17.8 Å². The fraction of sp³-hybridized carbons (Fsp3) is 0.188. The standard InChI is InChI=1S/C16H17NO2S/c1-12-7-9-13(10-8-12)17-15(11-20)16(18)19-14-5-3-2-4-6-14/h2-10,15,17,20H,11H2,1H3/t15-/m1/s1. The van der Waals surface area contributed by atoms with E-state index in [1.165, 1.54) is 5.56 Å². The van der Waals surface area contributed by atoms with Crippen molar-refractivity contribution in [1.82, 2.24) is 0 Å². The van der Waals surface area contributed by atoms with Crippen LogP contribution in [0.4, 0.5) is 5.69 Å². The Hall–Kier alpha value is -1.94. The lowest BCUT2D eigenvalue weighted by atomic mass is 10.2. The average Bonchev–Trinajstić information content (AvgIpc) is 2.47. The van der Waals surface area contributed by atoms with Gasteiger partial charge in [-0.05, 0) is 31.2 Å². The number of carbonyl (C=O) groups excluding carboxylic acids is 1. The molecule has 20 heavy (non-hydrogen) atoms. The van der Waals surface area contributed by atoms with E-state index in [0.717, 1.165) is 5.69 Å². The van der Waals surface area contributed by atoms with Crippen LogP contribution in [0.3, 0.4) is 0 Å². The smallest absolute Gasteiger partial charge is 0.334 e. The quantitative estimate of drug-likeness (QED) is 0.503. The zero-order chi connectivity index (χ0) is 14.4. The molecule has 0 heterocycles. The number of benzene rings is 2. The topological polar surface area (TPSA) is 38.3 Å². The lowest BCUT2D eigenvalue weighted by Gasteiger charge is -2.16. The van der Waals surface area contributed by atoms with Gasteiger partial charge in [0.25, 0.3) is 0 Å². The molecule has 2 aromatic rings. The summed E-state index contributed by atoms with van der Waals surface area (Å²) in [5, 5.41) is 3.12. The van der Waals surface area contributed by atoms with Gasteiger partial charge in [0, 0.05) is 11.4 Å². The minimum atomic E-state index is -0.485. The lowest BCUT2D eigenvalue weighted by molar-refractivity contribution is -0.134. The fourth-order valence-corrected chi connectivity index (χ4v) is 1.95. The van der Waals surface area contributed by atoms with Crippen molar-refractivity contribution < 1.29 is 9.53 Å². The van der Waals surface area contributed by atoms with Crippen molar-refractivity contribution in [1.29, 1.82) is 0 Å². The van der Waals surface area contributed by atoms with Crippen LogP contribution in [0.15, 0.2) is 54.6 Å². The highest BCUT2D eigenvalue weighted by molar-refractivity contribution is 7.80. The van der Waals surface area contributed by atoms with Crippen molar-refractivity contribution in [3.8, 4) is 5.75 Å². The molecular formula is C16H17NO2S. The summed E-state index contributed by atoms with van der Waals surface area (Å²) in [6.45, 7) is 2.02. The molecule has 0 amide bonds. The van der Waals surface area contributed by atoms with Gasteiger partial charge in [0.2, 0.25) is 0 Å². The van der Waals surface area contributed by atoms with Crippen LogP contribution in [0.25, 0.3) is 0 Å². The van der Waals surface area contributed by atoms with Gasteiger partial charge in [-0.1, -0.05) is 35.9 Å². The maximum absolute atomic E-state index is 12.1. The van der Waals surface area contributed by atoms with E-state index in [0.29, 0.717) is 11.5 Å². The first-order valence-corrected chi connectivity index (χ1v) is 7.03. The van der Waals surface area contributed by atoms with E-state index in [1.54, 1.807) is 12.1 Å². The van der Waals surface area contributed by atoms with E-state index in [-0.39, 0.29) is 5.97 Å². The number of nitrogens with one attached hydrogen (secondary N) is 1. The molecule has 1 N–H and O–H groups in total. The van der Waals surface area contributed by atoms with Crippen molar-refractivity contribution in [3.05, 3.63) is 60.2 Å². The number of rotatable bonds is 5. The van der Waals surface area contributed by atoms with Gasteiger partial charge < -0.3 is 10.1 Å². The summed E-state index contributed by atoms with van der Waals surface area (Å²) in [7, 11) is 0. The van der Waals surface area contributed by atoms with Crippen LogP contribution in [0.2, 0.25) is 0 Å².